The number of carbonyl (C=O) groups excluding carboxylic acids is 1. The quantitative estimate of drug-likeness (QED) is 0.499. The monoisotopic (exact) mass is 403 g/mol. The fraction of sp³-hybridized carbons (Fsp3) is 0.619. The van der Waals surface area contributed by atoms with Crippen molar-refractivity contribution in [1.29, 1.82) is 0 Å². The van der Waals surface area contributed by atoms with E-state index in [0.29, 0.717) is 25.7 Å². The second-order valence-corrected chi connectivity index (χ2v) is 7.42. The van der Waals surface area contributed by atoms with Gasteiger partial charge in [-0.05, 0) is 37.5 Å². The van der Waals surface area contributed by atoms with Gasteiger partial charge in [-0.25, -0.2) is 0 Å². The van der Waals surface area contributed by atoms with Gasteiger partial charge in [0.1, 0.15) is 0 Å². The summed E-state index contributed by atoms with van der Waals surface area (Å²) in [4.78, 5) is 20.9. The van der Waals surface area contributed by atoms with Crippen LogP contribution in [0.4, 0.5) is 0 Å². The van der Waals surface area contributed by atoms with Crippen molar-refractivity contribution in [3.8, 4) is 11.5 Å². The summed E-state index contributed by atoms with van der Waals surface area (Å²) in [5.41, 5.74) is 1.10. The van der Waals surface area contributed by atoms with Crippen molar-refractivity contribution in [3.05, 3.63) is 23.8 Å². The van der Waals surface area contributed by atoms with Crippen LogP contribution in [0.5, 0.6) is 11.5 Å². The Labute approximate surface area is 173 Å². The number of piperazine rings is 1. The molecule has 1 saturated carbocycles. The van der Waals surface area contributed by atoms with Crippen LogP contribution in [0.3, 0.4) is 0 Å². The highest BCUT2D eigenvalue weighted by molar-refractivity contribution is 5.80. The molecule has 1 heterocycles. The first-order valence-corrected chi connectivity index (χ1v) is 10.4. The van der Waals surface area contributed by atoms with Crippen molar-refractivity contribution in [1.82, 2.24) is 20.4 Å². The van der Waals surface area contributed by atoms with Gasteiger partial charge >= 0.3 is 0 Å². The van der Waals surface area contributed by atoms with Crippen LogP contribution in [0, 0.1) is 0 Å². The average Bonchev–Trinajstić information content (AvgIpc) is 3.54. The standard InChI is InChI=1S/C21H33N5O3/c1-4-29-19-13-16(5-8-18(19)28-3)14-23-21(22-2)26-11-9-25(10-12-26)15-20(27)24-17-6-7-17/h5,8,13,17H,4,6-7,9-12,14-15H2,1-3H3,(H,22,23)(H,24,27). The summed E-state index contributed by atoms with van der Waals surface area (Å²) in [6.07, 6.45) is 2.25. The fourth-order valence-corrected chi connectivity index (χ4v) is 3.43. The van der Waals surface area contributed by atoms with Gasteiger partial charge in [0.25, 0.3) is 0 Å². The maximum absolute atomic E-state index is 12.0. The molecule has 1 saturated heterocycles. The van der Waals surface area contributed by atoms with Crippen LogP contribution >= 0.6 is 0 Å². The molecule has 1 aliphatic heterocycles. The third kappa shape index (κ3) is 6.25. The van der Waals surface area contributed by atoms with Crippen molar-refractivity contribution in [2.45, 2.75) is 32.4 Å². The molecule has 1 aliphatic carbocycles. The molecule has 0 spiro atoms. The zero-order valence-electron chi connectivity index (χ0n) is 17.7. The molecule has 0 unspecified atom stereocenters. The summed E-state index contributed by atoms with van der Waals surface area (Å²) < 4.78 is 11.0. The van der Waals surface area contributed by atoms with Crippen LogP contribution < -0.4 is 20.1 Å². The van der Waals surface area contributed by atoms with Crippen molar-refractivity contribution in [2.75, 3.05) is 53.5 Å². The maximum Gasteiger partial charge on any atom is 0.234 e. The average molecular weight is 404 g/mol. The minimum atomic E-state index is 0.146. The molecule has 0 bridgehead atoms. The van der Waals surface area contributed by atoms with Gasteiger partial charge in [0.15, 0.2) is 17.5 Å². The van der Waals surface area contributed by atoms with Crippen LogP contribution in [-0.2, 0) is 11.3 Å². The largest absolute Gasteiger partial charge is 0.493 e. The summed E-state index contributed by atoms with van der Waals surface area (Å²) in [5, 5.41) is 6.49. The third-order valence-electron chi connectivity index (χ3n) is 5.17. The van der Waals surface area contributed by atoms with Crippen LogP contribution in [0.1, 0.15) is 25.3 Å². The highest BCUT2D eigenvalue weighted by Crippen LogP contribution is 2.28. The van der Waals surface area contributed by atoms with E-state index in [2.05, 4.69) is 25.4 Å². The number of methoxy groups -OCH3 is 1. The number of amides is 1. The summed E-state index contributed by atoms with van der Waals surface area (Å²) in [6, 6.07) is 6.38. The Kier molecular flexibility index (Phi) is 7.57. The highest BCUT2D eigenvalue weighted by atomic mass is 16.5. The molecule has 1 aromatic rings. The summed E-state index contributed by atoms with van der Waals surface area (Å²) in [6.45, 7) is 7.11. The Morgan fingerprint density at radius 1 is 1.21 bits per heavy atom. The number of nitrogens with zero attached hydrogens (tertiary/aromatic N) is 3. The normalized spacial score (nSPS) is 17.8. The van der Waals surface area contributed by atoms with Crippen LogP contribution in [0.2, 0.25) is 0 Å². The van der Waals surface area contributed by atoms with E-state index in [9.17, 15) is 4.79 Å². The lowest BCUT2D eigenvalue weighted by molar-refractivity contribution is -0.122. The molecule has 0 aromatic heterocycles. The SMILES string of the molecule is CCOc1cc(CNC(=NC)N2CCN(CC(=O)NC3CC3)CC2)ccc1OC. The number of hydrogen-bond donors (Lipinski definition) is 2. The minimum Gasteiger partial charge on any atom is -0.493 e. The number of ether oxygens (including phenoxy) is 2. The minimum absolute atomic E-state index is 0.146. The smallest absolute Gasteiger partial charge is 0.234 e. The molecular formula is C21H33N5O3. The van der Waals surface area contributed by atoms with Crippen LogP contribution in [0.25, 0.3) is 0 Å². The first-order valence-electron chi connectivity index (χ1n) is 10.4. The van der Waals surface area contributed by atoms with E-state index in [1.807, 2.05) is 25.1 Å². The first-order chi connectivity index (χ1) is 14.1. The number of carbonyl (C=O) groups is 1. The number of rotatable bonds is 8. The van der Waals surface area contributed by atoms with E-state index in [4.69, 9.17) is 9.47 Å². The molecule has 2 N–H and O–H groups in total. The van der Waals surface area contributed by atoms with Gasteiger partial charge in [-0.1, -0.05) is 6.07 Å². The molecule has 8 heteroatoms. The summed E-state index contributed by atoms with van der Waals surface area (Å²) in [7, 11) is 3.45. The fourth-order valence-electron chi connectivity index (χ4n) is 3.43. The Hall–Kier alpha value is -2.48. The molecular weight excluding hydrogens is 370 g/mol. The van der Waals surface area contributed by atoms with Gasteiger partial charge < -0.3 is 25.0 Å². The lowest BCUT2D eigenvalue weighted by Gasteiger charge is -2.36. The zero-order valence-corrected chi connectivity index (χ0v) is 17.7. The van der Waals surface area contributed by atoms with E-state index in [0.717, 1.165) is 62.0 Å². The predicted octanol–water partition coefficient (Wildman–Crippen LogP) is 1.07. The summed E-state index contributed by atoms with van der Waals surface area (Å²) >= 11 is 0. The lowest BCUT2D eigenvalue weighted by atomic mass is 10.2. The molecule has 1 amide bonds. The molecule has 3 rings (SSSR count). The van der Waals surface area contributed by atoms with E-state index in [1.165, 1.54) is 0 Å². The Morgan fingerprint density at radius 3 is 2.59 bits per heavy atom. The van der Waals surface area contributed by atoms with Crippen molar-refractivity contribution >= 4 is 11.9 Å². The van der Waals surface area contributed by atoms with Gasteiger partial charge in [0.05, 0.1) is 20.3 Å². The molecule has 2 aliphatic rings. The molecule has 0 radical (unpaired) electrons. The van der Waals surface area contributed by atoms with Gasteiger partial charge in [-0.15, -0.1) is 0 Å². The number of aliphatic imine (C=N–C) groups is 1. The second kappa shape index (κ2) is 10.3. The summed E-state index contributed by atoms with van der Waals surface area (Å²) in [5.74, 6) is 2.51. The maximum atomic E-state index is 12.0. The lowest BCUT2D eigenvalue weighted by Crippen LogP contribution is -2.54. The number of nitrogens with one attached hydrogen (secondary N) is 2. The Bertz CT molecular complexity index is 712. The van der Waals surface area contributed by atoms with E-state index in [-0.39, 0.29) is 5.91 Å². The second-order valence-electron chi connectivity index (χ2n) is 7.42. The molecule has 8 nitrogen and oxygen atoms in total. The first kappa shape index (κ1) is 21.2. The van der Waals surface area contributed by atoms with Crippen molar-refractivity contribution in [2.24, 2.45) is 4.99 Å². The van der Waals surface area contributed by atoms with E-state index < -0.39 is 0 Å². The molecule has 2 fully saturated rings. The molecule has 1 aromatic carbocycles. The Morgan fingerprint density at radius 2 is 1.97 bits per heavy atom. The highest BCUT2D eigenvalue weighted by Gasteiger charge is 2.25. The van der Waals surface area contributed by atoms with Gasteiger partial charge in [0.2, 0.25) is 5.91 Å². The topological polar surface area (TPSA) is 78.4 Å². The van der Waals surface area contributed by atoms with Crippen molar-refractivity contribution in [3.63, 3.8) is 0 Å². The van der Waals surface area contributed by atoms with E-state index in [1.54, 1.807) is 14.2 Å². The van der Waals surface area contributed by atoms with Crippen LogP contribution in [0.15, 0.2) is 23.2 Å². The molecule has 29 heavy (non-hydrogen) atoms. The Balaban J connectivity index is 1.47. The van der Waals surface area contributed by atoms with Crippen LogP contribution in [-0.4, -0.2) is 81.2 Å². The molecule has 0 atom stereocenters. The number of benzene rings is 1. The van der Waals surface area contributed by atoms with E-state index >= 15 is 0 Å². The molecule has 160 valence electrons. The van der Waals surface area contributed by atoms with Gasteiger partial charge in [-0.3, -0.25) is 14.7 Å². The third-order valence-corrected chi connectivity index (χ3v) is 5.17. The zero-order chi connectivity index (χ0) is 20.6. The van der Waals surface area contributed by atoms with Gasteiger partial charge in [0, 0.05) is 45.8 Å². The number of hydrogen-bond acceptors (Lipinski definition) is 5. The number of guanidine groups is 1. The van der Waals surface area contributed by atoms with Gasteiger partial charge in [-0.2, -0.15) is 0 Å². The predicted molar refractivity (Wildman–Crippen MR) is 114 cm³/mol. The van der Waals surface area contributed by atoms with Crippen molar-refractivity contribution < 1.29 is 14.3 Å².